The Balaban J connectivity index is 2.91. The normalized spacial score (nSPS) is 21.4. The van der Waals surface area contributed by atoms with Gasteiger partial charge in [0.2, 0.25) is 11.8 Å². The highest BCUT2D eigenvalue weighted by Crippen LogP contribution is 2.41. The van der Waals surface area contributed by atoms with Crippen LogP contribution >= 0.6 is 11.8 Å². The zero-order chi connectivity index (χ0) is 16.9. The third-order valence-corrected chi connectivity index (χ3v) is 4.70. The molecule has 0 bridgehead atoms. The Labute approximate surface area is 134 Å². The van der Waals surface area contributed by atoms with Crippen molar-refractivity contribution in [1.29, 1.82) is 10.5 Å². The summed E-state index contributed by atoms with van der Waals surface area (Å²) in [6.45, 7) is 7.27. The van der Waals surface area contributed by atoms with E-state index in [1.807, 2.05) is 19.9 Å². The highest BCUT2D eigenvalue weighted by molar-refractivity contribution is 8.03. The maximum Gasteiger partial charge on any atom is 0.243 e. The highest BCUT2D eigenvalue weighted by atomic mass is 32.2. The van der Waals surface area contributed by atoms with E-state index in [2.05, 4.69) is 16.7 Å². The Bertz CT molecular complexity index is 583. The minimum atomic E-state index is -0.916. The molecule has 0 fully saturated rings. The van der Waals surface area contributed by atoms with Gasteiger partial charge in [0, 0.05) is 11.5 Å². The number of nitrogens with zero attached hydrogens (tertiary/aromatic N) is 2. The molecule has 2 atom stereocenters. The lowest BCUT2D eigenvalue weighted by molar-refractivity contribution is -0.125. The number of carbonyl (C=O) groups excluding carboxylic acids is 2. The van der Waals surface area contributed by atoms with Crippen molar-refractivity contribution in [1.82, 2.24) is 10.6 Å². The van der Waals surface area contributed by atoms with E-state index < -0.39 is 17.2 Å². The average Bonchev–Trinajstić information content (AvgIpc) is 2.44. The van der Waals surface area contributed by atoms with E-state index in [1.54, 1.807) is 13.8 Å². The van der Waals surface area contributed by atoms with Crippen LogP contribution in [0, 0.1) is 34.0 Å². The smallest absolute Gasteiger partial charge is 0.243 e. The molecule has 0 unspecified atom stereocenters. The lowest BCUT2D eigenvalue weighted by Crippen LogP contribution is -2.44. The number of nitrogens with one attached hydrogen (secondary N) is 2. The van der Waals surface area contributed by atoms with Crippen LogP contribution in [0.4, 0.5) is 0 Å². The summed E-state index contributed by atoms with van der Waals surface area (Å²) >= 11 is 1.11. The number of nitriles is 2. The van der Waals surface area contributed by atoms with Gasteiger partial charge in [-0.2, -0.15) is 10.5 Å². The minimum absolute atomic E-state index is 0.0814. The fourth-order valence-corrected chi connectivity index (χ4v) is 3.08. The quantitative estimate of drug-likeness (QED) is 0.801. The summed E-state index contributed by atoms with van der Waals surface area (Å²) in [4.78, 5) is 23.8. The molecule has 1 heterocycles. The molecule has 22 heavy (non-hydrogen) atoms. The summed E-state index contributed by atoms with van der Waals surface area (Å²) in [6, 6.07) is 4.09. The van der Waals surface area contributed by atoms with Crippen molar-refractivity contribution in [2.45, 2.75) is 40.2 Å². The maximum atomic E-state index is 12.0. The number of rotatable bonds is 5. The van der Waals surface area contributed by atoms with Crippen molar-refractivity contribution in [2.75, 3.05) is 5.75 Å². The van der Waals surface area contributed by atoms with Crippen molar-refractivity contribution in [3.05, 3.63) is 10.6 Å². The van der Waals surface area contributed by atoms with E-state index in [9.17, 15) is 14.9 Å². The SMILES string of the molecule is CC[C@H](C)NC(=O)CSC1=C(C#N)C(C)(C)[C@H](C#N)C(=O)N1. The molecule has 0 radical (unpaired) electrons. The van der Waals surface area contributed by atoms with Gasteiger partial charge in [-0.3, -0.25) is 9.59 Å². The van der Waals surface area contributed by atoms with E-state index in [1.165, 1.54) is 0 Å². The largest absolute Gasteiger partial charge is 0.353 e. The molecule has 0 aromatic heterocycles. The van der Waals surface area contributed by atoms with E-state index in [4.69, 9.17) is 5.26 Å². The monoisotopic (exact) mass is 320 g/mol. The van der Waals surface area contributed by atoms with Gasteiger partial charge in [-0.25, -0.2) is 0 Å². The summed E-state index contributed by atoms with van der Waals surface area (Å²) in [5, 5.41) is 24.3. The number of hydrogen-bond donors (Lipinski definition) is 2. The van der Waals surface area contributed by atoms with Gasteiger partial charge in [-0.1, -0.05) is 32.5 Å². The van der Waals surface area contributed by atoms with E-state index in [0.717, 1.165) is 18.2 Å². The molecule has 0 aromatic rings. The number of hydrogen-bond acceptors (Lipinski definition) is 5. The average molecular weight is 320 g/mol. The second kappa shape index (κ2) is 7.33. The van der Waals surface area contributed by atoms with E-state index >= 15 is 0 Å². The molecule has 0 saturated heterocycles. The molecule has 0 spiro atoms. The Hall–Kier alpha value is -1.99. The van der Waals surface area contributed by atoms with Crippen LogP contribution in [-0.4, -0.2) is 23.6 Å². The van der Waals surface area contributed by atoms with Gasteiger partial charge in [-0.05, 0) is 13.3 Å². The maximum absolute atomic E-state index is 12.0. The fourth-order valence-electron chi connectivity index (χ4n) is 2.09. The van der Waals surface area contributed by atoms with Gasteiger partial charge in [0.05, 0.1) is 28.5 Å². The third kappa shape index (κ3) is 3.80. The molecule has 2 amide bonds. The van der Waals surface area contributed by atoms with Gasteiger partial charge in [-0.15, -0.1) is 0 Å². The molecular formula is C15H20N4O2S. The van der Waals surface area contributed by atoms with Crippen molar-refractivity contribution in [3.63, 3.8) is 0 Å². The van der Waals surface area contributed by atoms with Crippen LogP contribution in [0.1, 0.15) is 34.1 Å². The van der Waals surface area contributed by atoms with Gasteiger partial charge < -0.3 is 10.6 Å². The summed E-state index contributed by atoms with van der Waals surface area (Å²) in [5.41, 5.74) is -0.540. The molecule has 1 aliphatic rings. The highest BCUT2D eigenvalue weighted by Gasteiger charge is 2.44. The molecule has 0 saturated carbocycles. The fraction of sp³-hybridized carbons (Fsp3) is 0.600. The first-order valence-corrected chi connectivity index (χ1v) is 8.03. The predicted molar refractivity (Wildman–Crippen MR) is 84.0 cm³/mol. The van der Waals surface area contributed by atoms with Crippen molar-refractivity contribution in [2.24, 2.45) is 11.3 Å². The Morgan fingerprint density at radius 2 is 2.14 bits per heavy atom. The summed E-state index contributed by atoms with van der Waals surface area (Å²) in [7, 11) is 0. The number of amides is 2. The topological polar surface area (TPSA) is 106 Å². The first-order valence-electron chi connectivity index (χ1n) is 7.05. The molecular weight excluding hydrogens is 300 g/mol. The molecule has 6 nitrogen and oxygen atoms in total. The summed E-state index contributed by atoms with van der Waals surface area (Å²) in [6.07, 6.45) is 0.830. The lowest BCUT2D eigenvalue weighted by Gasteiger charge is -2.34. The predicted octanol–water partition coefficient (Wildman–Crippen LogP) is 1.67. The molecule has 118 valence electrons. The third-order valence-electron chi connectivity index (χ3n) is 3.70. The molecule has 2 N–H and O–H groups in total. The van der Waals surface area contributed by atoms with E-state index in [-0.39, 0.29) is 17.7 Å². The van der Waals surface area contributed by atoms with Gasteiger partial charge in [0.1, 0.15) is 5.92 Å². The first-order chi connectivity index (χ1) is 10.3. The van der Waals surface area contributed by atoms with Crippen LogP contribution in [0.5, 0.6) is 0 Å². The van der Waals surface area contributed by atoms with Crippen LogP contribution in [0.2, 0.25) is 0 Å². The van der Waals surface area contributed by atoms with Crippen LogP contribution in [0.3, 0.4) is 0 Å². The standard InChI is InChI=1S/C15H20N4O2S/c1-5-9(2)18-12(20)8-22-14-11(7-17)15(3,4)10(6-16)13(21)19-14/h9-10H,5,8H2,1-4H3,(H,18,20)(H,19,21)/t9-,10+/m0/s1. The van der Waals surface area contributed by atoms with Crippen LogP contribution in [0.25, 0.3) is 0 Å². The van der Waals surface area contributed by atoms with Crippen molar-refractivity contribution >= 4 is 23.6 Å². The lowest BCUT2D eigenvalue weighted by atomic mass is 9.72. The Kier molecular flexibility index (Phi) is 6.01. The number of thioether (sulfide) groups is 1. The Morgan fingerprint density at radius 1 is 1.50 bits per heavy atom. The zero-order valence-corrected chi connectivity index (χ0v) is 14.0. The summed E-state index contributed by atoms with van der Waals surface area (Å²) in [5.74, 6) is -1.39. The molecule has 7 heteroatoms. The van der Waals surface area contributed by atoms with Crippen LogP contribution in [-0.2, 0) is 9.59 Å². The molecule has 0 aromatic carbocycles. The first kappa shape index (κ1) is 18.1. The van der Waals surface area contributed by atoms with Crippen LogP contribution < -0.4 is 10.6 Å². The molecule has 0 aliphatic carbocycles. The van der Waals surface area contributed by atoms with Gasteiger partial charge in [0.15, 0.2) is 0 Å². The second-order valence-corrected chi connectivity index (χ2v) is 6.74. The van der Waals surface area contributed by atoms with E-state index in [0.29, 0.717) is 10.6 Å². The van der Waals surface area contributed by atoms with Crippen molar-refractivity contribution in [3.8, 4) is 12.1 Å². The van der Waals surface area contributed by atoms with Crippen LogP contribution in [0.15, 0.2) is 10.6 Å². The minimum Gasteiger partial charge on any atom is -0.353 e. The summed E-state index contributed by atoms with van der Waals surface area (Å²) < 4.78 is 0. The van der Waals surface area contributed by atoms with Gasteiger partial charge in [0.25, 0.3) is 0 Å². The zero-order valence-electron chi connectivity index (χ0n) is 13.2. The molecule has 1 aliphatic heterocycles. The molecule has 1 rings (SSSR count). The Morgan fingerprint density at radius 3 is 2.64 bits per heavy atom. The number of allylic oxidation sites excluding steroid dienone is 1. The second-order valence-electron chi connectivity index (χ2n) is 5.75. The van der Waals surface area contributed by atoms with Crippen molar-refractivity contribution < 1.29 is 9.59 Å². The number of carbonyl (C=O) groups is 2. The van der Waals surface area contributed by atoms with Gasteiger partial charge >= 0.3 is 0 Å².